The van der Waals surface area contributed by atoms with E-state index in [1.54, 1.807) is 25.1 Å². The largest absolute Gasteiger partial charge is 0.481 e. The van der Waals surface area contributed by atoms with Crippen molar-refractivity contribution in [3.63, 3.8) is 0 Å². The van der Waals surface area contributed by atoms with E-state index in [0.29, 0.717) is 18.5 Å². The lowest BCUT2D eigenvalue weighted by molar-refractivity contribution is -0.147. The normalized spacial score (nSPS) is 22.5. The van der Waals surface area contributed by atoms with Gasteiger partial charge in [0.1, 0.15) is 5.82 Å². The van der Waals surface area contributed by atoms with Gasteiger partial charge >= 0.3 is 5.97 Å². The third kappa shape index (κ3) is 2.75. The Hall–Kier alpha value is -1.91. The maximum atomic E-state index is 13.5. The summed E-state index contributed by atoms with van der Waals surface area (Å²) < 4.78 is 13.5. The van der Waals surface area contributed by atoms with E-state index in [1.165, 1.54) is 11.0 Å². The van der Waals surface area contributed by atoms with Gasteiger partial charge in [-0.15, -0.1) is 0 Å². The quantitative estimate of drug-likeness (QED) is 0.904. The molecular formula is C14H16FNO3. The number of halogens is 1. The first-order valence-electron chi connectivity index (χ1n) is 6.17. The second-order valence-electron chi connectivity index (χ2n) is 5.20. The van der Waals surface area contributed by atoms with Crippen LogP contribution >= 0.6 is 0 Å². The molecule has 0 aromatic heterocycles. The van der Waals surface area contributed by atoms with Crippen molar-refractivity contribution in [2.24, 2.45) is 5.41 Å². The number of carboxylic acids is 1. The van der Waals surface area contributed by atoms with Crippen LogP contribution in [0.5, 0.6) is 0 Å². The first-order chi connectivity index (χ1) is 8.92. The molecule has 1 aromatic carbocycles. The summed E-state index contributed by atoms with van der Waals surface area (Å²) in [7, 11) is 0. The molecule has 0 saturated carbocycles. The number of rotatable bonds is 3. The molecule has 0 radical (unpaired) electrons. The Labute approximate surface area is 110 Å². The fourth-order valence-corrected chi connectivity index (χ4v) is 2.27. The van der Waals surface area contributed by atoms with Gasteiger partial charge in [-0.2, -0.15) is 0 Å². The molecule has 1 saturated heterocycles. The van der Waals surface area contributed by atoms with Gasteiger partial charge in [-0.3, -0.25) is 9.59 Å². The standard InChI is InChI=1S/C14H16FNO3/c1-14(13(18)19)6-7-16(9-14)12(17)8-10-4-2-3-5-11(10)15/h2-5H,6-9H2,1H3,(H,18,19). The smallest absolute Gasteiger partial charge is 0.311 e. The zero-order chi connectivity index (χ0) is 14.0. The van der Waals surface area contributed by atoms with Gasteiger partial charge in [-0.25, -0.2) is 4.39 Å². The van der Waals surface area contributed by atoms with Crippen LogP contribution in [0.3, 0.4) is 0 Å². The van der Waals surface area contributed by atoms with Crippen molar-refractivity contribution in [1.82, 2.24) is 4.90 Å². The molecule has 19 heavy (non-hydrogen) atoms. The lowest BCUT2D eigenvalue weighted by Crippen LogP contribution is -2.35. The van der Waals surface area contributed by atoms with E-state index in [-0.39, 0.29) is 18.9 Å². The van der Waals surface area contributed by atoms with Gasteiger partial charge in [0, 0.05) is 13.1 Å². The molecule has 1 fully saturated rings. The third-order valence-electron chi connectivity index (χ3n) is 3.64. The fraction of sp³-hybridized carbons (Fsp3) is 0.429. The molecule has 0 aliphatic carbocycles. The molecule has 0 spiro atoms. The first kappa shape index (κ1) is 13.5. The highest BCUT2D eigenvalue weighted by molar-refractivity contribution is 5.82. The van der Waals surface area contributed by atoms with E-state index >= 15 is 0 Å². The van der Waals surface area contributed by atoms with Crippen LogP contribution in [0.2, 0.25) is 0 Å². The van der Waals surface area contributed by atoms with Gasteiger partial charge in [-0.1, -0.05) is 18.2 Å². The van der Waals surface area contributed by atoms with Crippen LogP contribution in [0.1, 0.15) is 18.9 Å². The Kier molecular flexibility index (Phi) is 3.55. The summed E-state index contributed by atoms with van der Waals surface area (Å²) in [6.07, 6.45) is 0.410. The summed E-state index contributed by atoms with van der Waals surface area (Å²) in [5, 5.41) is 9.11. The summed E-state index contributed by atoms with van der Waals surface area (Å²) in [5.74, 6) is -1.53. The predicted molar refractivity (Wildman–Crippen MR) is 67.0 cm³/mol. The van der Waals surface area contributed by atoms with Crippen LogP contribution in [0.25, 0.3) is 0 Å². The number of benzene rings is 1. The second-order valence-corrected chi connectivity index (χ2v) is 5.20. The summed E-state index contributed by atoms with van der Waals surface area (Å²) in [5.41, 5.74) is -0.540. The van der Waals surface area contributed by atoms with Gasteiger partial charge < -0.3 is 10.0 Å². The molecule has 0 bridgehead atoms. The van der Waals surface area contributed by atoms with E-state index in [2.05, 4.69) is 0 Å². The molecule has 1 heterocycles. The van der Waals surface area contributed by atoms with E-state index in [0.717, 1.165) is 0 Å². The first-order valence-corrected chi connectivity index (χ1v) is 6.17. The molecular weight excluding hydrogens is 249 g/mol. The number of aliphatic carboxylic acids is 1. The molecule has 1 aliphatic heterocycles. The predicted octanol–water partition coefficient (Wildman–Crippen LogP) is 1.69. The minimum atomic E-state index is -0.895. The molecule has 102 valence electrons. The number of nitrogens with zero attached hydrogens (tertiary/aromatic N) is 1. The molecule has 1 aromatic rings. The van der Waals surface area contributed by atoms with E-state index in [9.17, 15) is 14.0 Å². The fourth-order valence-electron chi connectivity index (χ4n) is 2.27. The molecule has 1 N–H and O–H groups in total. The van der Waals surface area contributed by atoms with Crippen molar-refractivity contribution in [1.29, 1.82) is 0 Å². The summed E-state index contributed by atoms with van der Waals surface area (Å²) in [6.45, 7) is 2.23. The van der Waals surface area contributed by atoms with E-state index in [1.807, 2.05) is 0 Å². The van der Waals surface area contributed by atoms with Gasteiger partial charge in [0.05, 0.1) is 11.8 Å². The highest BCUT2D eigenvalue weighted by Gasteiger charge is 2.41. The van der Waals surface area contributed by atoms with Crippen molar-refractivity contribution >= 4 is 11.9 Å². The molecule has 5 heteroatoms. The third-order valence-corrected chi connectivity index (χ3v) is 3.64. The highest BCUT2D eigenvalue weighted by atomic mass is 19.1. The van der Waals surface area contributed by atoms with Crippen molar-refractivity contribution in [2.75, 3.05) is 13.1 Å². The number of carbonyl (C=O) groups is 2. The summed E-state index contributed by atoms with van der Waals surface area (Å²) in [4.78, 5) is 24.7. The number of likely N-dealkylation sites (tertiary alicyclic amines) is 1. The second kappa shape index (κ2) is 4.99. The minimum absolute atomic E-state index is 0.0254. The maximum absolute atomic E-state index is 13.5. The average Bonchev–Trinajstić information content (AvgIpc) is 2.76. The Balaban J connectivity index is 2.03. The van der Waals surface area contributed by atoms with Gasteiger partial charge in [0.15, 0.2) is 0 Å². The van der Waals surface area contributed by atoms with Crippen molar-refractivity contribution < 1.29 is 19.1 Å². The Bertz CT molecular complexity index is 517. The molecule has 1 unspecified atom stereocenters. The Morgan fingerprint density at radius 1 is 1.42 bits per heavy atom. The molecule has 1 atom stereocenters. The van der Waals surface area contributed by atoms with Crippen molar-refractivity contribution in [2.45, 2.75) is 19.8 Å². The van der Waals surface area contributed by atoms with Crippen LogP contribution < -0.4 is 0 Å². The number of hydrogen-bond acceptors (Lipinski definition) is 2. The van der Waals surface area contributed by atoms with Crippen LogP contribution in [0.15, 0.2) is 24.3 Å². The van der Waals surface area contributed by atoms with E-state index in [4.69, 9.17) is 5.11 Å². The van der Waals surface area contributed by atoms with Crippen LogP contribution in [0.4, 0.5) is 4.39 Å². The van der Waals surface area contributed by atoms with Crippen LogP contribution in [-0.4, -0.2) is 35.0 Å². The number of carboxylic acid groups (broad SMARTS) is 1. The lowest BCUT2D eigenvalue weighted by atomic mass is 9.90. The molecule has 2 rings (SSSR count). The Morgan fingerprint density at radius 2 is 2.11 bits per heavy atom. The van der Waals surface area contributed by atoms with Gasteiger partial charge in [0.25, 0.3) is 0 Å². The van der Waals surface area contributed by atoms with Crippen LogP contribution in [-0.2, 0) is 16.0 Å². The van der Waals surface area contributed by atoms with Gasteiger partial charge in [0.2, 0.25) is 5.91 Å². The Morgan fingerprint density at radius 3 is 2.68 bits per heavy atom. The topological polar surface area (TPSA) is 57.6 Å². The number of hydrogen-bond donors (Lipinski definition) is 1. The SMILES string of the molecule is CC1(C(=O)O)CCN(C(=O)Cc2ccccc2F)C1. The maximum Gasteiger partial charge on any atom is 0.311 e. The van der Waals surface area contributed by atoms with Crippen molar-refractivity contribution in [3.05, 3.63) is 35.6 Å². The summed E-state index contributed by atoms with van der Waals surface area (Å²) in [6, 6.07) is 6.13. The monoisotopic (exact) mass is 265 g/mol. The number of carbonyl (C=O) groups excluding carboxylic acids is 1. The average molecular weight is 265 g/mol. The van der Waals surface area contributed by atoms with Crippen molar-refractivity contribution in [3.8, 4) is 0 Å². The van der Waals surface area contributed by atoms with Gasteiger partial charge in [-0.05, 0) is 25.0 Å². The highest BCUT2D eigenvalue weighted by Crippen LogP contribution is 2.30. The lowest BCUT2D eigenvalue weighted by Gasteiger charge is -2.20. The van der Waals surface area contributed by atoms with Crippen LogP contribution in [0, 0.1) is 11.2 Å². The minimum Gasteiger partial charge on any atom is -0.481 e. The van der Waals surface area contributed by atoms with E-state index < -0.39 is 17.2 Å². The molecule has 1 aliphatic rings. The zero-order valence-electron chi connectivity index (χ0n) is 10.7. The zero-order valence-corrected chi connectivity index (χ0v) is 10.7. The summed E-state index contributed by atoms with van der Waals surface area (Å²) >= 11 is 0. The molecule has 1 amide bonds. The number of amides is 1. The molecule has 4 nitrogen and oxygen atoms in total.